The highest BCUT2D eigenvalue weighted by Gasteiger charge is 2.11. The highest BCUT2D eigenvalue weighted by atomic mass is 35.5. The molecule has 3 nitrogen and oxygen atoms in total. The van der Waals surface area contributed by atoms with E-state index in [-0.39, 0.29) is 5.75 Å². The Labute approximate surface area is 118 Å². The minimum absolute atomic E-state index is 0.0297. The third kappa shape index (κ3) is 3.25. The highest BCUT2D eigenvalue weighted by Crippen LogP contribution is 2.33. The van der Waals surface area contributed by atoms with Crippen LogP contribution in [-0.4, -0.2) is 21.8 Å². The summed E-state index contributed by atoms with van der Waals surface area (Å²) in [5.74, 6) is -0.806. The van der Waals surface area contributed by atoms with Gasteiger partial charge in [0, 0.05) is 15.5 Å². The minimum Gasteiger partial charge on any atom is -0.481 e. The lowest BCUT2D eigenvalue weighted by atomic mass is 10.1. The second kappa shape index (κ2) is 5.73. The molecule has 0 atom stereocenters. The first kappa shape index (κ1) is 13.4. The zero-order chi connectivity index (χ0) is 13.1. The summed E-state index contributed by atoms with van der Waals surface area (Å²) in [5.41, 5.74) is 1.83. The normalized spacial score (nSPS) is 10.6. The number of carboxylic acid groups (broad SMARTS) is 1. The quantitative estimate of drug-likeness (QED) is 0.869. The van der Waals surface area contributed by atoms with Crippen LogP contribution in [0, 0.1) is 6.92 Å². The molecule has 1 aromatic heterocycles. The molecule has 0 saturated heterocycles. The van der Waals surface area contributed by atoms with Crippen molar-refractivity contribution in [2.75, 3.05) is 5.75 Å². The van der Waals surface area contributed by atoms with Gasteiger partial charge in [-0.25, -0.2) is 4.98 Å². The molecular formula is C12H10ClNO2S2. The fourth-order valence-corrected chi connectivity index (χ4v) is 3.50. The van der Waals surface area contributed by atoms with Crippen molar-refractivity contribution in [3.05, 3.63) is 34.2 Å². The lowest BCUT2D eigenvalue weighted by molar-refractivity contribution is -0.133. The van der Waals surface area contributed by atoms with Crippen LogP contribution in [0.5, 0.6) is 0 Å². The molecule has 0 radical (unpaired) electrons. The van der Waals surface area contributed by atoms with Crippen molar-refractivity contribution in [3.8, 4) is 11.3 Å². The predicted octanol–water partition coefficient (Wildman–Crippen LogP) is 3.95. The summed E-state index contributed by atoms with van der Waals surface area (Å²) < 4.78 is 0.768. The third-order valence-electron chi connectivity index (χ3n) is 2.19. The summed E-state index contributed by atoms with van der Waals surface area (Å²) >= 11 is 8.69. The van der Waals surface area contributed by atoms with Crippen molar-refractivity contribution >= 4 is 40.7 Å². The smallest absolute Gasteiger partial charge is 0.313 e. The molecule has 2 aromatic rings. The molecule has 94 valence electrons. The third-order valence-corrected chi connectivity index (χ3v) is 4.53. The molecule has 0 fully saturated rings. The van der Waals surface area contributed by atoms with E-state index in [9.17, 15) is 4.79 Å². The van der Waals surface area contributed by atoms with Gasteiger partial charge in [-0.05, 0) is 19.1 Å². The maximum Gasteiger partial charge on any atom is 0.313 e. The number of rotatable bonds is 4. The Bertz CT molecular complexity index is 583. The van der Waals surface area contributed by atoms with Crippen LogP contribution in [0.15, 0.2) is 28.6 Å². The van der Waals surface area contributed by atoms with E-state index in [1.54, 1.807) is 0 Å². The highest BCUT2D eigenvalue weighted by molar-refractivity contribution is 8.01. The van der Waals surface area contributed by atoms with Gasteiger partial charge in [0.25, 0.3) is 0 Å². The largest absolute Gasteiger partial charge is 0.481 e. The molecule has 0 amide bonds. The van der Waals surface area contributed by atoms with Crippen LogP contribution in [0.2, 0.25) is 5.02 Å². The van der Waals surface area contributed by atoms with Crippen LogP contribution >= 0.6 is 34.7 Å². The molecule has 0 bridgehead atoms. The molecular weight excluding hydrogens is 290 g/mol. The number of benzene rings is 1. The molecule has 0 aliphatic rings. The van der Waals surface area contributed by atoms with Gasteiger partial charge in [0.05, 0.1) is 11.4 Å². The molecule has 1 heterocycles. The van der Waals surface area contributed by atoms with Crippen molar-refractivity contribution < 1.29 is 9.90 Å². The number of carbonyl (C=O) groups is 1. The number of nitrogens with zero attached hydrogens (tertiary/aromatic N) is 1. The summed E-state index contributed by atoms with van der Waals surface area (Å²) in [7, 11) is 0. The van der Waals surface area contributed by atoms with Gasteiger partial charge in [-0.2, -0.15) is 0 Å². The number of halogens is 1. The Morgan fingerprint density at radius 2 is 2.33 bits per heavy atom. The summed E-state index contributed by atoms with van der Waals surface area (Å²) in [6.07, 6.45) is 0. The monoisotopic (exact) mass is 299 g/mol. The Morgan fingerprint density at radius 1 is 1.56 bits per heavy atom. The van der Waals surface area contributed by atoms with E-state index in [1.165, 1.54) is 23.1 Å². The number of aliphatic carboxylic acids is 1. The van der Waals surface area contributed by atoms with Crippen molar-refractivity contribution in [2.45, 2.75) is 11.3 Å². The van der Waals surface area contributed by atoms with Gasteiger partial charge in [-0.15, -0.1) is 11.3 Å². The van der Waals surface area contributed by atoms with E-state index >= 15 is 0 Å². The molecule has 6 heteroatoms. The first-order valence-corrected chi connectivity index (χ1v) is 7.32. The zero-order valence-corrected chi connectivity index (χ0v) is 11.9. The summed E-state index contributed by atoms with van der Waals surface area (Å²) in [5, 5.41) is 9.31. The maximum atomic E-state index is 10.5. The second-order valence-electron chi connectivity index (χ2n) is 3.58. The van der Waals surface area contributed by atoms with E-state index in [0.29, 0.717) is 5.02 Å². The van der Waals surface area contributed by atoms with Gasteiger partial charge in [-0.1, -0.05) is 35.5 Å². The average molecular weight is 300 g/mol. The molecule has 18 heavy (non-hydrogen) atoms. The van der Waals surface area contributed by atoms with Crippen LogP contribution < -0.4 is 0 Å². The molecule has 0 aliphatic heterocycles. The van der Waals surface area contributed by atoms with Gasteiger partial charge in [0.15, 0.2) is 4.34 Å². The lowest BCUT2D eigenvalue weighted by Crippen LogP contribution is -1.96. The van der Waals surface area contributed by atoms with Gasteiger partial charge < -0.3 is 5.11 Å². The molecule has 2 rings (SSSR count). The Kier molecular flexibility index (Phi) is 4.27. The van der Waals surface area contributed by atoms with Gasteiger partial charge in [0.1, 0.15) is 0 Å². The van der Waals surface area contributed by atoms with Gasteiger partial charge in [0.2, 0.25) is 0 Å². The molecule has 0 spiro atoms. The van der Waals surface area contributed by atoms with Crippen molar-refractivity contribution in [3.63, 3.8) is 0 Å². The standard InChI is InChI=1S/C12H10ClNO2S2/c1-7-11(8-3-2-4-9(13)5-8)14-12(18-7)17-6-10(15)16/h2-5H,6H2,1H3,(H,15,16). The van der Waals surface area contributed by atoms with Crippen molar-refractivity contribution in [2.24, 2.45) is 0 Å². The van der Waals surface area contributed by atoms with Crippen LogP contribution in [0.1, 0.15) is 4.88 Å². The number of thiazole rings is 1. The van der Waals surface area contributed by atoms with E-state index in [1.807, 2.05) is 31.2 Å². The topological polar surface area (TPSA) is 50.2 Å². The van der Waals surface area contributed by atoms with Crippen molar-refractivity contribution in [1.82, 2.24) is 4.98 Å². The minimum atomic E-state index is -0.836. The predicted molar refractivity (Wildman–Crippen MR) is 75.7 cm³/mol. The number of thioether (sulfide) groups is 1. The van der Waals surface area contributed by atoms with E-state index in [4.69, 9.17) is 16.7 Å². The van der Waals surface area contributed by atoms with Crippen LogP contribution in [-0.2, 0) is 4.79 Å². The number of hydrogen-bond donors (Lipinski definition) is 1. The average Bonchev–Trinajstić information content (AvgIpc) is 2.68. The summed E-state index contributed by atoms with van der Waals surface area (Å²) in [4.78, 5) is 16.0. The van der Waals surface area contributed by atoms with Crippen LogP contribution in [0.3, 0.4) is 0 Å². The molecule has 1 N–H and O–H groups in total. The molecule has 1 aromatic carbocycles. The van der Waals surface area contributed by atoms with Crippen molar-refractivity contribution in [1.29, 1.82) is 0 Å². The van der Waals surface area contributed by atoms with Crippen LogP contribution in [0.25, 0.3) is 11.3 Å². The molecule has 0 aliphatic carbocycles. The zero-order valence-electron chi connectivity index (χ0n) is 9.51. The lowest BCUT2D eigenvalue weighted by Gasteiger charge is -1.98. The summed E-state index contributed by atoms with van der Waals surface area (Å²) in [6, 6.07) is 7.49. The van der Waals surface area contributed by atoms with Gasteiger partial charge in [-0.3, -0.25) is 4.79 Å². The Hall–Kier alpha value is -1.04. The van der Waals surface area contributed by atoms with E-state index in [2.05, 4.69) is 4.98 Å². The first-order chi connectivity index (χ1) is 8.56. The molecule has 0 saturated carbocycles. The summed E-state index contributed by atoms with van der Waals surface area (Å²) in [6.45, 7) is 1.97. The van der Waals surface area contributed by atoms with Gasteiger partial charge >= 0.3 is 5.97 Å². The number of hydrogen-bond acceptors (Lipinski definition) is 4. The van der Waals surface area contributed by atoms with Crippen LogP contribution in [0.4, 0.5) is 0 Å². The Morgan fingerprint density at radius 3 is 3.00 bits per heavy atom. The fourth-order valence-electron chi connectivity index (χ4n) is 1.46. The fraction of sp³-hybridized carbons (Fsp3) is 0.167. The maximum absolute atomic E-state index is 10.5. The van der Waals surface area contributed by atoms with E-state index < -0.39 is 5.97 Å². The first-order valence-electron chi connectivity index (χ1n) is 5.14. The SMILES string of the molecule is Cc1sc(SCC(=O)O)nc1-c1cccc(Cl)c1. The number of carboxylic acids is 1. The van der Waals surface area contributed by atoms with E-state index in [0.717, 1.165) is 20.5 Å². The Balaban J connectivity index is 2.26. The number of aryl methyl sites for hydroxylation is 1. The molecule has 0 unspecified atom stereocenters. The second-order valence-corrected chi connectivity index (χ2v) is 6.44. The number of aromatic nitrogens is 1.